The molecule has 2 nitrogen and oxygen atoms in total. The normalized spacial score (nSPS) is 20.2. The van der Waals surface area contributed by atoms with Crippen molar-refractivity contribution in [1.82, 2.24) is 0 Å². The minimum atomic E-state index is 0.432. The standard InChI is InChI=1S/C16H32O2/c1-4-9-14(2)17-13-8-7-10-15(3)18-16-11-5-6-12-16/h14-16H,4-13H2,1-3H3/t14-,15+/m1/s1. The number of rotatable bonds is 10. The fraction of sp³-hybridized carbons (Fsp3) is 1.00. The largest absolute Gasteiger partial charge is 0.379 e. The van der Waals surface area contributed by atoms with Crippen LogP contribution in [0.2, 0.25) is 0 Å². The van der Waals surface area contributed by atoms with E-state index >= 15 is 0 Å². The second-order valence-corrected chi connectivity index (χ2v) is 5.82. The van der Waals surface area contributed by atoms with E-state index in [4.69, 9.17) is 9.47 Å². The van der Waals surface area contributed by atoms with E-state index in [1.807, 2.05) is 0 Å². The molecule has 0 aliphatic heterocycles. The van der Waals surface area contributed by atoms with E-state index in [1.165, 1.54) is 57.8 Å². The molecule has 0 bridgehead atoms. The maximum Gasteiger partial charge on any atom is 0.0578 e. The Balaban J connectivity index is 1.90. The molecule has 0 radical (unpaired) electrons. The number of ether oxygens (including phenoxy) is 2. The number of hydrogen-bond donors (Lipinski definition) is 0. The van der Waals surface area contributed by atoms with E-state index in [-0.39, 0.29) is 0 Å². The van der Waals surface area contributed by atoms with E-state index in [2.05, 4.69) is 20.8 Å². The molecular weight excluding hydrogens is 224 g/mol. The molecule has 0 N–H and O–H groups in total. The van der Waals surface area contributed by atoms with Gasteiger partial charge in [-0.1, -0.05) is 26.2 Å². The molecule has 0 saturated heterocycles. The van der Waals surface area contributed by atoms with Crippen LogP contribution in [0.1, 0.15) is 78.6 Å². The molecule has 18 heavy (non-hydrogen) atoms. The predicted molar refractivity (Wildman–Crippen MR) is 77.0 cm³/mol. The number of unbranched alkanes of at least 4 members (excludes halogenated alkanes) is 1. The third kappa shape index (κ3) is 7.38. The first-order valence-electron chi connectivity index (χ1n) is 7.99. The maximum atomic E-state index is 6.04. The Morgan fingerprint density at radius 1 is 1.00 bits per heavy atom. The Labute approximate surface area is 113 Å². The minimum absolute atomic E-state index is 0.432. The van der Waals surface area contributed by atoms with Gasteiger partial charge in [-0.2, -0.15) is 0 Å². The van der Waals surface area contributed by atoms with Gasteiger partial charge < -0.3 is 9.47 Å². The molecule has 1 saturated carbocycles. The Bertz CT molecular complexity index is 188. The lowest BCUT2D eigenvalue weighted by Gasteiger charge is -2.18. The molecule has 0 aromatic carbocycles. The van der Waals surface area contributed by atoms with Crippen molar-refractivity contribution >= 4 is 0 Å². The zero-order valence-corrected chi connectivity index (χ0v) is 12.6. The van der Waals surface area contributed by atoms with Gasteiger partial charge in [0.2, 0.25) is 0 Å². The van der Waals surface area contributed by atoms with E-state index in [9.17, 15) is 0 Å². The first-order valence-corrected chi connectivity index (χ1v) is 7.99. The highest BCUT2D eigenvalue weighted by Gasteiger charge is 2.17. The lowest BCUT2D eigenvalue weighted by atomic mass is 10.1. The summed E-state index contributed by atoms with van der Waals surface area (Å²) in [7, 11) is 0. The lowest BCUT2D eigenvalue weighted by molar-refractivity contribution is -0.00499. The molecule has 2 atom stereocenters. The van der Waals surface area contributed by atoms with Gasteiger partial charge in [0, 0.05) is 6.61 Å². The van der Waals surface area contributed by atoms with Crippen LogP contribution in [-0.2, 0) is 9.47 Å². The van der Waals surface area contributed by atoms with E-state index in [1.54, 1.807) is 0 Å². The van der Waals surface area contributed by atoms with Gasteiger partial charge in [0.05, 0.1) is 18.3 Å². The Morgan fingerprint density at radius 2 is 1.72 bits per heavy atom. The third-order valence-corrected chi connectivity index (χ3v) is 3.83. The predicted octanol–water partition coefficient (Wildman–Crippen LogP) is 4.71. The summed E-state index contributed by atoms with van der Waals surface area (Å²) < 4.78 is 11.8. The summed E-state index contributed by atoms with van der Waals surface area (Å²) in [4.78, 5) is 0. The summed E-state index contributed by atoms with van der Waals surface area (Å²) in [6.45, 7) is 7.52. The summed E-state index contributed by atoms with van der Waals surface area (Å²) in [5.41, 5.74) is 0. The molecule has 0 heterocycles. The molecule has 0 spiro atoms. The molecule has 1 aliphatic rings. The lowest BCUT2D eigenvalue weighted by Crippen LogP contribution is -2.17. The summed E-state index contributed by atoms with van der Waals surface area (Å²) in [6, 6.07) is 0. The summed E-state index contributed by atoms with van der Waals surface area (Å²) in [5.74, 6) is 0. The van der Waals surface area contributed by atoms with Crippen LogP contribution < -0.4 is 0 Å². The molecule has 0 aromatic heterocycles. The average Bonchev–Trinajstić information content (AvgIpc) is 2.81. The van der Waals surface area contributed by atoms with Crippen LogP contribution in [0.25, 0.3) is 0 Å². The topological polar surface area (TPSA) is 18.5 Å². The zero-order valence-electron chi connectivity index (χ0n) is 12.6. The van der Waals surface area contributed by atoms with Crippen LogP contribution in [0.3, 0.4) is 0 Å². The van der Waals surface area contributed by atoms with Crippen LogP contribution in [0.4, 0.5) is 0 Å². The third-order valence-electron chi connectivity index (χ3n) is 3.83. The van der Waals surface area contributed by atoms with E-state index in [0.717, 1.165) is 6.61 Å². The molecule has 0 unspecified atom stereocenters. The fourth-order valence-electron chi connectivity index (χ4n) is 2.73. The van der Waals surface area contributed by atoms with Gasteiger partial charge in [0.25, 0.3) is 0 Å². The quantitative estimate of drug-likeness (QED) is 0.527. The fourth-order valence-corrected chi connectivity index (χ4v) is 2.73. The molecular formula is C16H32O2. The van der Waals surface area contributed by atoms with Crippen molar-refractivity contribution in [3.05, 3.63) is 0 Å². The molecule has 1 fully saturated rings. The van der Waals surface area contributed by atoms with Crippen molar-refractivity contribution in [3.8, 4) is 0 Å². The van der Waals surface area contributed by atoms with Crippen molar-refractivity contribution in [2.45, 2.75) is 96.9 Å². The van der Waals surface area contributed by atoms with E-state index < -0.39 is 0 Å². The van der Waals surface area contributed by atoms with Gasteiger partial charge in [-0.15, -0.1) is 0 Å². The summed E-state index contributed by atoms with van der Waals surface area (Å²) in [5, 5.41) is 0. The monoisotopic (exact) mass is 256 g/mol. The van der Waals surface area contributed by atoms with Crippen LogP contribution in [-0.4, -0.2) is 24.9 Å². The van der Waals surface area contributed by atoms with Crippen LogP contribution >= 0.6 is 0 Å². The summed E-state index contributed by atoms with van der Waals surface area (Å²) >= 11 is 0. The van der Waals surface area contributed by atoms with Gasteiger partial charge >= 0.3 is 0 Å². The highest BCUT2D eigenvalue weighted by molar-refractivity contribution is 4.68. The molecule has 2 heteroatoms. The van der Waals surface area contributed by atoms with Gasteiger partial charge in [-0.25, -0.2) is 0 Å². The smallest absolute Gasteiger partial charge is 0.0578 e. The van der Waals surface area contributed by atoms with Crippen LogP contribution in [0, 0.1) is 0 Å². The molecule has 1 aliphatic carbocycles. The van der Waals surface area contributed by atoms with Gasteiger partial charge in [0.15, 0.2) is 0 Å². The Morgan fingerprint density at radius 3 is 2.39 bits per heavy atom. The van der Waals surface area contributed by atoms with Crippen molar-refractivity contribution in [1.29, 1.82) is 0 Å². The second kappa shape index (κ2) is 9.80. The SMILES string of the molecule is CCC[C@@H](C)OCCCC[C@H](C)OC1CCCC1. The van der Waals surface area contributed by atoms with Crippen LogP contribution in [0.15, 0.2) is 0 Å². The molecule has 0 amide bonds. The first-order chi connectivity index (χ1) is 8.72. The molecule has 0 aromatic rings. The minimum Gasteiger partial charge on any atom is -0.379 e. The van der Waals surface area contributed by atoms with Crippen molar-refractivity contribution < 1.29 is 9.47 Å². The average molecular weight is 256 g/mol. The Kier molecular flexibility index (Phi) is 8.70. The van der Waals surface area contributed by atoms with Gasteiger partial charge in [-0.3, -0.25) is 0 Å². The van der Waals surface area contributed by atoms with E-state index in [0.29, 0.717) is 18.3 Å². The molecule has 1 rings (SSSR count). The van der Waals surface area contributed by atoms with Gasteiger partial charge in [0.1, 0.15) is 0 Å². The molecule has 108 valence electrons. The highest BCUT2D eigenvalue weighted by Crippen LogP contribution is 2.23. The van der Waals surface area contributed by atoms with Crippen LogP contribution in [0.5, 0.6) is 0 Å². The van der Waals surface area contributed by atoms with Crippen molar-refractivity contribution in [2.24, 2.45) is 0 Å². The van der Waals surface area contributed by atoms with Crippen molar-refractivity contribution in [2.75, 3.05) is 6.61 Å². The first kappa shape index (κ1) is 16.0. The maximum absolute atomic E-state index is 6.04. The van der Waals surface area contributed by atoms with Gasteiger partial charge in [-0.05, 0) is 52.4 Å². The second-order valence-electron chi connectivity index (χ2n) is 5.82. The summed E-state index contributed by atoms with van der Waals surface area (Å²) in [6.07, 6.45) is 12.7. The highest BCUT2D eigenvalue weighted by atomic mass is 16.5. The Hall–Kier alpha value is -0.0800. The zero-order chi connectivity index (χ0) is 13.2. The number of hydrogen-bond acceptors (Lipinski definition) is 2. The van der Waals surface area contributed by atoms with Crippen molar-refractivity contribution in [3.63, 3.8) is 0 Å².